The molecular formula is C14H21N3O2S. The van der Waals surface area contributed by atoms with Gasteiger partial charge in [-0.15, -0.1) is 0 Å². The van der Waals surface area contributed by atoms with E-state index in [0.717, 1.165) is 36.9 Å². The number of carboxylic acids is 1. The molecule has 1 saturated heterocycles. The van der Waals surface area contributed by atoms with Crippen LogP contribution in [0.2, 0.25) is 0 Å². The summed E-state index contributed by atoms with van der Waals surface area (Å²) in [6.45, 7) is 4.00. The predicted octanol–water partition coefficient (Wildman–Crippen LogP) is 2.74. The standard InChI is InChI=1S/C14H21N3O2S/c1-9(7-12(18)19)11-3-2-6-17(8-11)14-15-13(16-20-14)10-4-5-10/h9-11H,2-8H2,1H3,(H,18,19). The van der Waals surface area contributed by atoms with Crippen LogP contribution < -0.4 is 4.90 Å². The molecule has 1 aliphatic carbocycles. The summed E-state index contributed by atoms with van der Waals surface area (Å²) in [5, 5.41) is 9.96. The molecule has 6 heteroatoms. The fourth-order valence-electron chi connectivity index (χ4n) is 2.95. The molecule has 110 valence electrons. The van der Waals surface area contributed by atoms with Gasteiger partial charge in [-0.25, -0.2) is 4.98 Å². The lowest BCUT2D eigenvalue weighted by Gasteiger charge is -2.35. The summed E-state index contributed by atoms with van der Waals surface area (Å²) in [5.41, 5.74) is 0. The van der Waals surface area contributed by atoms with Gasteiger partial charge in [0.2, 0.25) is 5.13 Å². The molecule has 2 unspecified atom stereocenters. The highest BCUT2D eigenvalue weighted by atomic mass is 32.1. The molecule has 0 aromatic carbocycles. The molecule has 0 spiro atoms. The third-order valence-electron chi connectivity index (χ3n) is 4.40. The van der Waals surface area contributed by atoms with E-state index in [9.17, 15) is 4.79 Å². The van der Waals surface area contributed by atoms with Crippen molar-refractivity contribution in [3.8, 4) is 0 Å². The van der Waals surface area contributed by atoms with Crippen LogP contribution in [0.1, 0.15) is 50.8 Å². The zero-order valence-corrected chi connectivity index (χ0v) is 12.6. The monoisotopic (exact) mass is 295 g/mol. The molecule has 1 aromatic heterocycles. The van der Waals surface area contributed by atoms with Crippen molar-refractivity contribution >= 4 is 22.6 Å². The summed E-state index contributed by atoms with van der Waals surface area (Å²) >= 11 is 1.50. The van der Waals surface area contributed by atoms with Crippen LogP contribution in [-0.4, -0.2) is 33.5 Å². The third kappa shape index (κ3) is 3.11. The topological polar surface area (TPSA) is 66.3 Å². The lowest BCUT2D eigenvalue weighted by atomic mass is 9.85. The summed E-state index contributed by atoms with van der Waals surface area (Å²) in [4.78, 5) is 17.8. The molecular weight excluding hydrogens is 274 g/mol. The number of aliphatic carboxylic acids is 1. The van der Waals surface area contributed by atoms with Gasteiger partial charge in [0.15, 0.2) is 0 Å². The zero-order chi connectivity index (χ0) is 14.1. The molecule has 3 rings (SSSR count). The van der Waals surface area contributed by atoms with Gasteiger partial charge >= 0.3 is 5.97 Å². The van der Waals surface area contributed by atoms with Crippen molar-refractivity contribution < 1.29 is 9.90 Å². The van der Waals surface area contributed by atoms with Crippen LogP contribution in [-0.2, 0) is 4.79 Å². The Morgan fingerprint density at radius 3 is 3.00 bits per heavy atom. The Morgan fingerprint density at radius 2 is 2.30 bits per heavy atom. The number of hydrogen-bond donors (Lipinski definition) is 1. The quantitative estimate of drug-likeness (QED) is 0.904. The average Bonchev–Trinajstić information content (AvgIpc) is 3.16. The van der Waals surface area contributed by atoms with Gasteiger partial charge in [0, 0.05) is 37.0 Å². The summed E-state index contributed by atoms with van der Waals surface area (Å²) in [6, 6.07) is 0. The highest BCUT2D eigenvalue weighted by Crippen LogP contribution is 2.40. The minimum Gasteiger partial charge on any atom is -0.481 e. The zero-order valence-electron chi connectivity index (χ0n) is 11.8. The Hall–Kier alpha value is -1.17. The Labute approximate surface area is 123 Å². The Balaban J connectivity index is 1.63. The lowest BCUT2D eigenvalue weighted by molar-refractivity contribution is -0.138. The second-order valence-corrected chi connectivity index (χ2v) is 6.86. The number of anilines is 1. The van der Waals surface area contributed by atoms with E-state index in [4.69, 9.17) is 5.11 Å². The number of carboxylic acid groups (broad SMARTS) is 1. The molecule has 5 nitrogen and oxygen atoms in total. The molecule has 1 aliphatic heterocycles. The number of hydrogen-bond acceptors (Lipinski definition) is 5. The van der Waals surface area contributed by atoms with Crippen molar-refractivity contribution in [3.05, 3.63) is 5.82 Å². The van der Waals surface area contributed by atoms with Gasteiger partial charge in [0.25, 0.3) is 0 Å². The van der Waals surface area contributed by atoms with Gasteiger partial charge in [-0.05, 0) is 37.5 Å². The van der Waals surface area contributed by atoms with E-state index < -0.39 is 5.97 Å². The van der Waals surface area contributed by atoms with E-state index in [1.54, 1.807) is 0 Å². The minimum absolute atomic E-state index is 0.228. The van der Waals surface area contributed by atoms with E-state index in [-0.39, 0.29) is 12.3 Å². The maximum atomic E-state index is 10.9. The fraction of sp³-hybridized carbons (Fsp3) is 0.786. The Bertz CT molecular complexity index is 487. The maximum absolute atomic E-state index is 10.9. The highest BCUT2D eigenvalue weighted by Gasteiger charge is 2.31. The molecule has 0 amide bonds. The maximum Gasteiger partial charge on any atom is 0.303 e. The van der Waals surface area contributed by atoms with Gasteiger partial charge in [0.1, 0.15) is 5.82 Å². The van der Waals surface area contributed by atoms with Crippen molar-refractivity contribution in [1.82, 2.24) is 9.36 Å². The molecule has 2 aliphatic rings. The van der Waals surface area contributed by atoms with Crippen molar-refractivity contribution in [3.63, 3.8) is 0 Å². The van der Waals surface area contributed by atoms with E-state index in [2.05, 4.69) is 21.2 Å². The number of carbonyl (C=O) groups is 1. The first-order chi connectivity index (χ1) is 9.63. The van der Waals surface area contributed by atoms with Gasteiger partial charge in [-0.2, -0.15) is 4.37 Å². The summed E-state index contributed by atoms with van der Waals surface area (Å²) in [5.74, 6) is 1.61. The normalized spacial score (nSPS) is 24.6. The van der Waals surface area contributed by atoms with Gasteiger partial charge < -0.3 is 10.0 Å². The Kier molecular flexibility index (Phi) is 3.92. The molecule has 1 N–H and O–H groups in total. The number of rotatable bonds is 5. The van der Waals surface area contributed by atoms with Crippen LogP contribution in [0.4, 0.5) is 5.13 Å². The van der Waals surface area contributed by atoms with Crippen molar-refractivity contribution in [2.45, 2.75) is 44.9 Å². The number of aromatic nitrogens is 2. The first kappa shape index (κ1) is 13.8. The minimum atomic E-state index is -0.693. The van der Waals surface area contributed by atoms with Crippen LogP contribution in [0.5, 0.6) is 0 Å². The van der Waals surface area contributed by atoms with Crippen LogP contribution >= 0.6 is 11.5 Å². The van der Waals surface area contributed by atoms with Crippen LogP contribution in [0, 0.1) is 11.8 Å². The van der Waals surface area contributed by atoms with Crippen LogP contribution in [0.25, 0.3) is 0 Å². The lowest BCUT2D eigenvalue weighted by Crippen LogP contribution is -2.38. The highest BCUT2D eigenvalue weighted by molar-refractivity contribution is 7.09. The molecule has 2 atom stereocenters. The second kappa shape index (κ2) is 5.68. The number of piperidine rings is 1. The second-order valence-electron chi connectivity index (χ2n) is 6.13. The van der Waals surface area contributed by atoms with Crippen LogP contribution in [0.15, 0.2) is 0 Å². The molecule has 0 radical (unpaired) electrons. The third-order valence-corrected chi connectivity index (χ3v) is 5.19. The van der Waals surface area contributed by atoms with Gasteiger partial charge in [0.05, 0.1) is 0 Å². The molecule has 0 bridgehead atoms. The SMILES string of the molecule is CC(CC(=O)O)C1CCCN(c2nc(C3CC3)ns2)C1. The summed E-state index contributed by atoms with van der Waals surface area (Å²) in [6.07, 6.45) is 4.97. The van der Waals surface area contributed by atoms with E-state index >= 15 is 0 Å². The van der Waals surface area contributed by atoms with Gasteiger partial charge in [-0.3, -0.25) is 4.79 Å². The van der Waals surface area contributed by atoms with Crippen molar-refractivity contribution in [1.29, 1.82) is 0 Å². The summed E-state index contributed by atoms with van der Waals surface area (Å²) in [7, 11) is 0. The van der Waals surface area contributed by atoms with Crippen LogP contribution in [0.3, 0.4) is 0 Å². The molecule has 1 saturated carbocycles. The smallest absolute Gasteiger partial charge is 0.303 e. The first-order valence-corrected chi connectivity index (χ1v) is 8.21. The Morgan fingerprint density at radius 1 is 1.50 bits per heavy atom. The summed E-state index contributed by atoms with van der Waals surface area (Å²) < 4.78 is 4.47. The molecule has 1 aromatic rings. The molecule has 2 heterocycles. The van der Waals surface area contributed by atoms with Crippen molar-refractivity contribution in [2.24, 2.45) is 11.8 Å². The van der Waals surface area contributed by atoms with E-state index in [1.807, 2.05) is 0 Å². The molecule has 2 fully saturated rings. The first-order valence-electron chi connectivity index (χ1n) is 7.44. The number of nitrogens with zero attached hydrogens (tertiary/aromatic N) is 3. The van der Waals surface area contributed by atoms with Crippen molar-refractivity contribution in [2.75, 3.05) is 18.0 Å². The van der Waals surface area contributed by atoms with Gasteiger partial charge in [-0.1, -0.05) is 6.92 Å². The fourth-order valence-corrected chi connectivity index (χ4v) is 3.73. The van der Waals surface area contributed by atoms with E-state index in [0.29, 0.717) is 11.8 Å². The predicted molar refractivity (Wildman–Crippen MR) is 78.2 cm³/mol. The average molecular weight is 295 g/mol. The molecule has 20 heavy (non-hydrogen) atoms. The van der Waals surface area contributed by atoms with E-state index in [1.165, 1.54) is 24.4 Å². The largest absolute Gasteiger partial charge is 0.481 e.